The molecule has 0 bridgehead atoms. The summed E-state index contributed by atoms with van der Waals surface area (Å²) in [5.41, 5.74) is -0.306. The summed E-state index contributed by atoms with van der Waals surface area (Å²) < 4.78 is 66.5. The smallest absolute Gasteiger partial charge is 0.380 e. The Hall–Kier alpha value is -0.890. The summed E-state index contributed by atoms with van der Waals surface area (Å²) in [5, 5.41) is 2.47. The van der Waals surface area contributed by atoms with Crippen LogP contribution in [-0.4, -0.2) is 25.9 Å². The van der Waals surface area contributed by atoms with E-state index in [0.29, 0.717) is 0 Å². The van der Waals surface area contributed by atoms with Crippen molar-refractivity contribution >= 4 is 21.6 Å². The molecule has 0 aliphatic rings. The molecule has 0 aromatic heterocycles. The van der Waals surface area contributed by atoms with Gasteiger partial charge < -0.3 is 10.1 Å². The van der Waals surface area contributed by atoms with Crippen molar-refractivity contribution in [1.29, 1.82) is 0 Å². The molecule has 19 heavy (non-hydrogen) atoms. The number of nitrogens with one attached hydrogen (secondary N) is 1. The van der Waals surface area contributed by atoms with Gasteiger partial charge in [0.15, 0.2) is 0 Å². The third-order valence-corrected chi connectivity index (χ3v) is 2.50. The maximum absolute atomic E-state index is 13.3. The molecule has 8 heteroatoms. The maximum Gasteiger partial charge on any atom is 0.411 e. The van der Waals surface area contributed by atoms with Gasteiger partial charge in [-0.15, -0.1) is 0 Å². The van der Waals surface area contributed by atoms with Crippen LogP contribution in [0.4, 0.5) is 27.6 Å². The summed E-state index contributed by atoms with van der Waals surface area (Å²) in [6.07, 6.45) is -4.16. The summed E-state index contributed by atoms with van der Waals surface area (Å²) >= 11 is 2.93. The van der Waals surface area contributed by atoms with Crippen molar-refractivity contribution in [3.63, 3.8) is 0 Å². The molecule has 0 saturated carbocycles. The van der Waals surface area contributed by atoms with Crippen molar-refractivity contribution in [1.82, 2.24) is 0 Å². The Kier molecular flexibility index (Phi) is 5.99. The minimum absolute atomic E-state index is 0.104. The summed E-state index contributed by atoms with van der Waals surface area (Å²) in [5.74, 6) is -1.55. The lowest BCUT2D eigenvalue weighted by Gasteiger charge is -2.10. The molecule has 0 saturated heterocycles. The third-order valence-electron chi connectivity index (χ3n) is 2.04. The topological polar surface area (TPSA) is 21.3 Å². The Morgan fingerprint density at radius 2 is 1.74 bits per heavy atom. The molecule has 1 rings (SSSR count). The van der Waals surface area contributed by atoms with Crippen LogP contribution in [0, 0.1) is 11.6 Å². The maximum atomic E-state index is 13.3. The highest BCUT2D eigenvalue weighted by atomic mass is 79.9. The molecular formula is C11H11BrF5NO. The van der Waals surface area contributed by atoms with E-state index in [0.717, 1.165) is 12.1 Å². The van der Waals surface area contributed by atoms with Gasteiger partial charge in [0.05, 0.1) is 0 Å². The Labute approximate surface area is 115 Å². The molecule has 0 fully saturated rings. The zero-order valence-electron chi connectivity index (χ0n) is 9.66. The van der Waals surface area contributed by atoms with Crippen LogP contribution >= 0.6 is 15.9 Å². The molecule has 108 valence electrons. The highest BCUT2D eigenvalue weighted by molar-refractivity contribution is 9.10. The Balaban J connectivity index is 2.30. The van der Waals surface area contributed by atoms with Gasteiger partial charge in [0.25, 0.3) is 0 Å². The summed E-state index contributed by atoms with van der Waals surface area (Å²) in [4.78, 5) is 0. The average Bonchev–Trinajstić information content (AvgIpc) is 2.24. The van der Waals surface area contributed by atoms with Crippen LogP contribution in [0.25, 0.3) is 0 Å². The third kappa shape index (κ3) is 6.20. The minimum atomic E-state index is -4.36. The summed E-state index contributed by atoms with van der Waals surface area (Å²) in [7, 11) is 0. The van der Waals surface area contributed by atoms with E-state index in [1.807, 2.05) is 0 Å². The molecule has 2 nitrogen and oxygen atoms in total. The van der Waals surface area contributed by atoms with E-state index in [1.54, 1.807) is 0 Å². The van der Waals surface area contributed by atoms with Crippen LogP contribution in [-0.2, 0) is 4.74 Å². The van der Waals surface area contributed by atoms with Gasteiger partial charge in [-0.05, 0) is 18.6 Å². The van der Waals surface area contributed by atoms with Crippen LogP contribution in [0.15, 0.2) is 16.6 Å². The summed E-state index contributed by atoms with van der Waals surface area (Å²) in [6, 6.07) is 2.18. The first-order chi connectivity index (χ1) is 8.79. The zero-order chi connectivity index (χ0) is 14.5. The molecule has 0 heterocycles. The predicted molar refractivity (Wildman–Crippen MR) is 64.0 cm³/mol. The number of ether oxygens (including phenoxy) is 1. The van der Waals surface area contributed by atoms with Crippen LogP contribution in [0.3, 0.4) is 0 Å². The molecule has 0 radical (unpaired) electrons. The molecule has 1 N–H and O–H groups in total. The van der Waals surface area contributed by atoms with Gasteiger partial charge in [-0.3, -0.25) is 0 Å². The molecule has 0 aliphatic carbocycles. The first-order valence-electron chi connectivity index (χ1n) is 5.32. The molecule has 1 aromatic rings. The second kappa shape index (κ2) is 7.04. The van der Waals surface area contributed by atoms with Gasteiger partial charge in [-0.1, -0.05) is 15.9 Å². The highest BCUT2D eigenvalue weighted by Gasteiger charge is 2.27. The van der Waals surface area contributed by atoms with Gasteiger partial charge in [0.1, 0.15) is 23.9 Å². The molecule has 0 aliphatic heterocycles. The van der Waals surface area contributed by atoms with Crippen LogP contribution in [0.1, 0.15) is 6.42 Å². The quantitative estimate of drug-likeness (QED) is 0.617. The Morgan fingerprint density at radius 3 is 2.26 bits per heavy atom. The second-order valence-electron chi connectivity index (χ2n) is 3.69. The van der Waals surface area contributed by atoms with E-state index in [4.69, 9.17) is 0 Å². The average molecular weight is 348 g/mol. The van der Waals surface area contributed by atoms with Crippen molar-refractivity contribution in [3.8, 4) is 0 Å². The van der Waals surface area contributed by atoms with Crippen molar-refractivity contribution in [2.45, 2.75) is 12.6 Å². The lowest BCUT2D eigenvalue weighted by molar-refractivity contribution is -0.173. The van der Waals surface area contributed by atoms with E-state index in [-0.39, 0.29) is 29.7 Å². The van der Waals surface area contributed by atoms with Crippen LogP contribution in [0.5, 0.6) is 0 Å². The zero-order valence-corrected chi connectivity index (χ0v) is 11.2. The van der Waals surface area contributed by atoms with Crippen LogP contribution in [0.2, 0.25) is 0 Å². The molecule has 0 unspecified atom stereocenters. The number of halogens is 6. The van der Waals surface area contributed by atoms with Crippen molar-refractivity contribution in [2.75, 3.05) is 25.1 Å². The number of hydrogen-bond donors (Lipinski definition) is 1. The summed E-state index contributed by atoms with van der Waals surface area (Å²) in [6.45, 7) is -1.37. The fraction of sp³-hybridized carbons (Fsp3) is 0.455. The molecule has 0 amide bonds. The molecular weight excluding hydrogens is 337 g/mol. The predicted octanol–water partition coefficient (Wildman–Crippen LogP) is 4.11. The Morgan fingerprint density at radius 1 is 1.16 bits per heavy atom. The second-order valence-corrected chi connectivity index (χ2v) is 4.61. The molecule has 0 spiro atoms. The van der Waals surface area contributed by atoms with Gasteiger partial charge >= 0.3 is 6.18 Å². The number of rotatable bonds is 6. The van der Waals surface area contributed by atoms with Gasteiger partial charge in [-0.25, -0.2) is 8.78 Å². The minimum Gasteiger partial charge on any atom is -0.380 e. The van der Waals surface area contributed by atoms with E-state index in [9.17, 15) is 22.0 Å². The van der Waals surface area contributed by atoms with E-state index < -0.39 is 24.4 Å². The molecule has 1 aromatic carbocycles. The fourth-order valence-electron chi connectivity index (χ4n) is 1.29. The Bertz CT molecular complexity index is 401. The highest BCUT2D eigenvalue weighted by Crippen LogP contribution is 2.23. The first kappa shape index (κ1) is 16.2. The normalized spacial score (nSPS) is 11.7. The number of anilines is 1. The SMILES string of the molecule is Fc1cc(Br)cc(F)c1NCCCOCC(F)(F)F. The van der Waals surface area contributed by atoms with Crippen molar-refractivity contribution < 1.29 is 26.7 Å². The number of benzene rings is 1. The standard InChI is InChI=1S/C11H11BrF5NO/c12-7-4-8(13)10(9(14)5-7)18-2-1-3-19-6-11(15,16)17/h4-5,18H,1-3,6H2. The largest absolute Gasteiger partial charge is 0.411 e. The molecule has 0 atom stereocenters. The fourth-order valence-corrected chi connectivity index (χ4v) is 1.69. The van der Waals surface area contributed by atoms with Crippen LogP contribution < -0.4 is 5.32 Å². The van der Waals surface area contributed by atoms with Gasteiger partial charge in [0, 0.05) is 17.6 Å². The first-order valence-corrected chi connectivity index (χ1v) is 6.12. The lowest BCUT2D eigenvalue weighted by atomic mass is 10.3. The van der Waals surface area contributed by atoms with E-state index >= 15 is 0 Å². The van der Waals surface area contributed by atoms with E-state index in [2.05, 4.69) is 26.0 Å². The van der Waals surface area contributed by atoms with Gasteiger partial charge in [0.2, 0.25) is 0 Å². The van der Waals surface area contributed by atoms with Crippen molar-refractivity contribution in [3.05, 3.63) is 28.2 Å². The van der Waals surface area contributed by atoms with Gasteiger partial charge in [-0.2, -0.15) is 13.2 Å². The van der Waals surface area contributed by atoms with Crippen molar-refractivity contribution in [2.24, 2.45) is 0 Å². The monoisotopic (exact) mass is 347 g/mol. The lowest BCUT2D eigenvalue weighted by Crippen LogP contribution is -2.18. The number of alkyl halides is 3. The van der Waals surface area contributed by atoms with E-state index in [1.165, 1.54) is 0 Å². The number of hydrogen-bond acceptors (Lipinski definition) is 2.